The Bertz CT molecular complexity index is 745. The molecule has 0 radical (unpaired) electrons. The van der Waals surface area contributed by atoms with Gasteiger partial charge in [-0.15, -0.1) is 11.8 Å². The molecule has 6 heteroatoms. The monoisotopic (exact) mass is 366 g/mol. The second-order valence-corrected chi connectivity index (χ2v) is 7.40. The Labute approximate surface area is 150 Å². The summed E-state index contributed by atoms with van der Waals surface area (Å²) >= 11 is 1.16. The molecular formula is C19H20F2O3S. The first kappa shape index (κ1) is 19.2. The van der Waals surface area contributed by atoms with Crippen LogP contribution >= 0.6 is 11.8 Å². The summed E-state index contributed by atoms with van der Waals surface area (Å²) in [6.07, 6.45) is 0. The van der Waals surface area contributed by atoms with Crippen molar-refractivity contribution in [3.8, 4) is 16.9 Å². The van der Waals surface area contributed by atoms with Crippen molar-refractivity contribution in [1.29, 1.82) is 0 Å². The molecule has 3 nitrogen and oxygen atoms in total. The van der Waals surface area contributed by atoms with Gasteiger partial charge in [0.1, 0.15) is 22.6 Å². The number of halogens is 2. The highest BCUT2D eigenvalue weighted by atomic mass is 32.2. The predicted molar refractivity (Wildman–Crippen MR) is 96.1 cm³/mol. The minimum absolute atomic E-state index is 0.0211. The van der Waals surface area contributed by atoms with Crippen LogP contribution in [-0.4, -0.2) is 22.9 Å². The third kappa shape index (κ3) is 4.72. The second-order valence-electron chi connectivity index (χ2n) is 5.71. The number of ether oxygens (including phenoxy) is 1. The van der Waals surface area contributed by atoms with Crippen LogP contribution in [0.3, 0.4) is 0 Å². The Kier molecular flexibility index (Phi) is 6.42. The van der Waals surface area contributed by atoms with Crippen molar-refractivity contribution in [3.63, 3.8) is 0 Å². The fourth-order valence-electron chi connectivity index (χ4n) is 2.44. The minimum atomic E-state index is -1.10. The van der Waals surface area contributed by atoms with Gasteiger partial charge in [0.2, 0.25) is 0 Å². The van der Waals surface area contributed by atoms with Crippen LogP contribution in [0, 0.1) is 11.6 Å². The Morgan fingerprint density at radius 2 is 1.84 bits per heavy atom. The van der Waals surface area contributed by atoms with E-state index in [1.165, 1.54) is 36.4 Å². The van der Waals surface area contributed by atoms with E-state index < -0.39 is 22.9 Å². The van der Waals surface area contributed by atoms with Crippen molar-refractivity contribution in [2.45, 2.75) is 31.3 Å². The van der Waals surface area contributed by atoms with Crippen molar-refractivity contribution in [1.82, 2.24) is 0 Å². The molecule has 1 unspecified atom stereocenters. The van der Waals surface area contributed by atoms with Gasteiger partial charge >= 0.3 is 5.97 Å². The number of carboxylic acids is 1. The van der Waals surface area contributed by atoms with Crippen molar-refractivity contribution < 1.29 is 23.4 Å². The molecule has 2 aromatic carbocycles. The average molecular weight is 366 g/mol. The molecule has 134 valence electrons. The largest absolute Gasteiger partial charge is 0.493 e. The van der Waals surface area contributed by atoms with Gasteiger partial charge in [-0.25, -0.2) is 8.78 Å². The van der Waals surface area contributed by atoms with Gasteiger partial charge in [0, 0.05) is 16.4 Å². The molecule has 1 N–H and O–H groups in total. The van der Waals surface area contributed by atoms with Crippen LogP contribution in [0.5, 0.6) is 5.75 Å². The van der Waals surface area contributed by atoms with E-state index in [-0.39, 0.29) is 10.8 Å². The molecule has 0 aliphatic carbocycles. The highest BCUT2D eigenvalue weighted by Crippen LogP contribution is 2.40. The molecule has 0 aliphatic rings. The lowest BCUT2D eigenvalue weighted by molar-refractivity contribution is -0.136. The van der Waals surface area contributed by atoms with Crippen molar-refractivity contribution in [2.75, 3.05) is 6.61 Å². The number of carbonyl (C=O) groups is 1. The molecular weight excluding hydrogens is 346 g/mol. The number of rotatable bonds is 7. The van der Waals surface area contributed by atoms with Gasteiger partial charge in [-0.1, -0.05) is 26.0 Å². The fraction of sp³-hybridized carbons (Fsp3) is 0.316. The van der Waals surface area contributed by atoms with E-state index in [4.69, 9.17) is 4.74 Å². The molecule has 2 rings (SSSR count). The summed E-state index contributed by atoms with van der Waals surface area (Å²) in [6.45, 7) is 5.84. The summed E-state index contributed by atoms with van der Waals surface area (Å²) in [7, 11) is 0. The van der Waals surface area contributed by atoms with Crippen LogP contribution < -0.4 is 4.74 Å². The number of hydrogen-bond donors (Lipinski definition) is 1. The second kappa shape index (κ2) is 8.34. The Morgan fingerprint density at radius 1 is 1.20 bits per heavy atom. The van der Waals surface area contributed by atoms with Gasteiger partial charge in [0.05, 0.1) is 6.61 Å². The lowest BCUT2D eigenvalue weighted by Crippen LogP contribution is -2.13. The molecule has 0 spiro atoms. The Morgan fingerprint density at radius 3 is 2.36 bits per heavy atom. The molecule has 1 atom stereocenters. The molecule has 0 heterocycles. The minimum Gasteiger partial charge on any atom is -0.493 e. The average Bonchev–Trinajstić information content (AvgIpc) is 2.55. The highest BCUT2D eigenvalue weighted by Gasteiger charge is 2.27. The SMILES string of the molecule is CCOc1cc(C(SC(C)C)C(=O)O)c(F)cc1-c1ccc(F)cc1. The van der Waals surface area contributed by atoms with Gasteiger partial charge in [0.25, 0.3) is 0 Å². The quantitative estimate of drug-likeness (QED) is 0.722. The molecule has 2 aromatic rings. The third-order valence-corrected chi connectivity index (χ3v) is 4.74. The van der Waals surface area contributed by atoms with Gasteiger partial charge in [-0.2, -0.15) is 0 Å². The molecule has 0 amide bonds. The molecule has 0 saturated carbocycles. The van der Waals surface area contributed by atoms with Crippen molar-refractivity contribution >= 4 is 17.7 Å². The number of hydrogen-bond acceptors (Lipinski definition) is 3. The molecule has 0 saturated heterocycles. The molecule has 25 heavy (non-hydrogen) atoms. The van der Waals surface area contributed by atoms with E-state index in [0.717, 1.165) is 11.8 Å². The smallest absolute Gasteiger partial charge is 0.321 e. The van der Waals surface area contributed by atoms with E-state index in [1.807, 2.05) is 13.8 Å². The zero-order valence-electron chi connectivity index (χ0n) is 14.3. The number of thioether (sulfide) groups is 1. The summed E-state index contributed by atoms with van der Waals surface area (Å²) in [5.74, 6) is -1.74. The van der Waals surface area contributed by atoms with E-state index in [1.54, 1.807) is 6.92 Å². The fourth-order valence-corrected chi connectivity index (χ4v) is 3.42. The molecule has 0 bridgehead atoms. The topological polar surface area (TPSA) is 46.5 Å². The first-order chi connectivity index (χ1) is 11.8. The number of aliphatic carboxylic acids is 1. The van der Waals surface area contributed by atoms with E-state index in [2.05, 4.69) is 0 Å². The summed E-state index contributed by atoms with van der Waals surface area (Å²) in [4.78, 5) is 11.6. The van der Waals surface area contributed by atoms with Crippen LogP contribution in [0.1, 0.15) is 31.6 Å². The first-order valence-corrected chi connectivity index (χ1v) is 8.88. The maximum atomic E-state index is 14.7. The van der Waals surface area contributed by atoms with Crippen LogP contribution in [0.25, 0.3) is 11.1 Å². The van der Waals surface area contributed by atoms with E-state index >= 15 is 0 Å². The van der Waals surface area contributed by atoms with Crippen molar-refractivity contribution in [2.24, 2.45) is 0 Å². The van der Waals surface area contributed by atoms with Crippen molar-refractivity contribution in [3.05, 3.63) is 53.6 Å². The molecule has 0 aromatic heterocycles. The van der Waals surface area contributed by atoms with Crippen LogP contribution in [0.4, 0.5) is 8.78 Å². The first-order valence-electron chi connectivity index (χ1n) is 7.94. The zero-order chi connectivity index (χ0) is 18.6. The van der Waals surface area contributed by atoms with Gasteiger partial charge < -0.3 is 9.84 Å². The maximum absolute atomic E-state index is 14.7. The third-order valence-electron chi connectivity index (χ3n) is 3.47. The Balaban J connectivity index is 2.56. The Hall–Kier alpha value is -2.08. The lowest BCUT2D eigenvalue weighted by Gasteiger charge is -2.19. The van der Waals surface area contributed by atoms with Crippen LogP contribution in [-0.2, 0) is 4.79 Å². The van der Waals surface area contributed by atoms with Gasteiger partial charge in [-0.3, -0.25) is 4.79 Å². The highest BCUT2D eigenvalue weighted by molar-refractivity contribution is 8.00. The maximum Gasteiger partial charge on any atom is 0.321 e. The number of benzene rings is 2. The summed E-state index contributed by atoms with van der Waals surface area (Å²) in [6, 6.07) is 8.32. The van der Waals surface area contributed by atoms with E-state index in [9.17, 15) is 18.7 Å². The standard InChI is InChI=1S/C19H20F2O3S/c1-4-24-17-10-15(18(19(22)23)25-11(2)3)16(21)9-14(17)12-5-7-13(20)8-6-12/h5-11,18H,4H2,1-3H3,(H,22,23). The molecule has 0 aliphatic heterocycles. The summed E-state index contributed by atoms with van der Waals surface area (Å²) in [5.41, 5.74) is 1.13. The van der Waals surface area contributed by atoms with Crippen LogP contribution in [0.2, 0.25) is 0 Å². The summed E-state index contributed by atoms with van der Waals surface area (Å²) in [5, 5.41) is 8.46. The molecule has 0 fully saturated rings. The van der Waals surface area contributed by atoms with E-state index in [0.29, 0.717) is 23.5 Å². The number of carboxylic acid groups (broad SMARTS) is 1. The summed E-state index contributed by atoms with van der Waals surface area (Å²) < 4.78 is 33.4. The van der Waals surface area contributed by atoms with Crippen LogP contribution in [0.15, 0.2) is 36.4 Å². The van der Waals surface area contributed by atoms with Gasteiger partial charge in [-0.05, 0) is 36.8 Å². The van der Waals surface area contributed by atoms with Gasteiger partial charge in [0.15, 0.2) is 0 Å². The normalized spacial score (nSPS) is 12.2. The predicted octanol–water partition coefficient (Wildman–Crippen LogP) is 5.30. The lowest BCUT2D eigenvalue weighted by atomic mass is 10.0. The zero-order valence-corrected chi connectivity index (χ0v) is 15.1.